The number of rotatable bonds is 4. The summed E-state index contributed by atoms with van der Waals surface area (Å²) < 4.78 is 0. The van der Waals surface area contributed by atoms with Crippen molar-refractivity contribution in [1.82, 2.24) is 0 Å². The molecule has 2 amide bonds. The van der Waals surface area contributed by atoms with E-state index in [1.165, 1.54) is 0 Å². The minimum absolute atomic E-state index is 0.00216. The molecule has 3 N–H and O–H groups in total. The van der Waals surface area contributed by atoms with Gasteiger partial charge in [-0.3, -0.25) is 14.4 Å². The van der Waals surface area contributed by atoms with Crippen molar-refractivity contribution in [2.45, 2.75) is 38.5 Å². The molecule has 1 saturated carbocycles. The second-order valence-electron chi connectivity index (χ2n) is 6.08. The predicted octanol–water partition coefficient (Wildman–Crippen LogP) is 2.15. The lowest BCUT2D eigenvalue weighted by atomic mass is 9.66. The van der Waals surface area contributed by atoms with Crippen LogP contribution in [-0.2, 0) is 20.8 Å². The van der Waals surface area contributed by atoms with E-state index < -0.39 is 11.4 Å². The number of carboxylic acid groups (broad SMARTS) is 1. The first-order valence-corrected chi connectivity index (χ1v) is 7.45. The highest BCUT2D eigenvalue weighted by molar-refractivity contribution is 5.97. The van der Waals surface area contributed by atoms with Crippen molar-refractivity contribution in [3.8, 4) is 0 Å². The fourth-order valence-electron chi connectivity index (χ4n) is 3.04. The van der Waals surface area contributed by atoms with E-state index in [0.717, 1.165) is 17.7 Å². The average Bonchev–Trinajstić information content (AvgIpc) is 2.42. The highest BCUT2D eigenvalue weighted by Crippen LogP contribution is 2.44. The molecule has 0 spiro atoms. The topological polar surface area (TPSA) is 95.5 Å². The van der Waals surface area contributed by atoms with E-state index in [0.29, 0.717) is 31.4 Å². The predicted molar refractivity (Wildman–Crippen MR) is 80.6 cm³/mol. The van der Waals surface area contributed by atoms with Gasteiger partial charge in [-0.25, -0.2) is 0 Å². The Bertz CT molecular complexity index is 650. The fraction of sp³-hybridized carbons (Fsp3) is 0.438. The third-order valence-electron chi connectivity index (χ3n) is 4.55. The molecule has 1 fully saturated rings. The highest BCUT2D eigenvalue weighted by Gasteiger charge is 2.45. The molecule has 0 unspecified atom stereocenters. The number of nitrogens with one attached hydrogen (secondary N) is 2. The van der Waals surface area contributed by atoms with Crippen LogP contribution in [0.15, 0.2) is 18.2 Å². The number of carbonyl (C=O) groups is 3. The van der Waals surface area contributed by atoms with Crippen LogP contribution in [0.25, 0.3) is 0 Å². The minimum atomic E-state index is -0.887. The Morgan fingerprint density at radius 1 is 1.27 bits per heavy atom. The van der Waals surface area contributed by atoms with Gasteiger partial charge >= 0.3 is 5.97 Å². The van der Waals surface area contributed by atoms with E-state index in [1.54, 1.807) is 12.1 Å². The second-order valence-corrected chi connectivity index (χ2v) is 6.08. The summed E-state index contributed by atoms with van der Waals surface area (Å²) in [5, 5.41) is 14.8. The van der Waals surface area contributed by atoms with Crippen molar-refractivity contribution in [3.05, 3.63) is 23.8 Å². The number of benzene rings is 1. The van der Waals surface area contributed by atoms with Gasteiger partial charge in [0.1, 0.15) is 0 Å². The fourth-order valence-corrected chi connectivity index (χ4v) is 3.04. The van der Waals surface area contributed by atoms with Crippen molar-refractivity contribution in [2.75, 3.05) is 10.6 Å². The summed E-state index contributed by atoms with van der Waals surface area (Å²) in [4.78, 5) is 34.7. The summed E-state index contributed by atoms with van der Waals surface area (Å²) >= 11 is 0. The van der Waals surface area contributed by atoms with Gasteiger partial charge < -0.3 is 15.7 Å². The summed E-state index contributed by atoms with van der Waals surface area (Å²) in [5.74, 6) is -1.17. The quantitative estimate of drug-likeness (QED) is 0.794. The Morgan fingerprint density at radius 2 is 2.05 bits per heavy atom. The molecular formula is C16H18N2O4. The lowest BCUT2D eigenvalue weighted by Gasteiger charge is -2.36. The number of aryl methyl sites for hydroxylation is 1. The number of aliphatic carboxylic acids is 1. The molecule has 0 bridgehead atoms. The number of fused-ring (bicyclic) bond motifs is 1. The molecule has 116 valence electrons. The maximum Gasteiger partial charge on any atom is 0.310 e. The Balaban J connectivity index is 1.67. The van der Waals surface area contributed by atoms with E-state index in [4.69, 9.17) is 0 Å². The van der Waals surface area contributed by atoms with Crippen molar-refractivity contribution < 1.29 is 19.5 Å². The van der Waals surface area contributed by atoms with Crippen LogP contribution in [0.2, 0.25) is 0 Å². The summed E-state index contributed by atoms with van der Waals surface area (Å²) in [5.41, 5.74) is 1.51. The van der Waals surface area contributed by atoms with Crippen LogP contribution in [0.4, 0.5) is 11.4 Å². The first-order valence-electron chi connectivity index (χ1n) is 7.45. The van der Waals surface area contributed by atoms with Crippen molar-refractivity contribution in [3.63, 3.8) is 0 Å². The maximum absolute atomic E-state index is 12.1. The zero-order valence-electron chi connectivity index (χ0n) is 12.1. The Kier molecular flexibility index (Phi) is 3.60. The molecule has 6 heteroatoms. The molecule has 3 rings (SSSR count). The van der Waals surface area contributed by atoms with Crippen molar-refractivity contribution >= 4 is 29.2 Å². The summed E-state index contributed by atoms with van der Waals surface area (Å²) in [6.07, 6.45) is 3.07. The van der Waals surface area contributed by atoms with E-state index in [-0.39, 0.29) is 18.2 Å². The third-order valence-corrected chi connectivity index (χ3v) is 4.55. The van der Waals surface area contributed by atoms with Crippen molar-refractivity contribution in [2.24, 2.45) is 5.41 Å². The molecule has 1 aliphatic heterocycles. The molecule has 0 radical (unpaired) electrons. The number of hydrogen-bond acceptors (Lipinski definition) is 3. The maximum atomic E-state index is 12.1. The number of carboxylic acids is 1. The van der Waals surface area contributed by atoms with Gasteiger partial charge in [-0.1, -0.05) is 6.42 Å². The summed E-state index contributed by atoms with van der Waals surface area (Å²) in [6, 6.07) is 5.32. The normalized spacial score (nSPS) is 18.6. The average molecular weight is 302 g/mol. The van der Waals surface area contributed by atoms with Crippen LogP contribution in [0.5, 0.6) is 0 Å². The van der Waals surface area contributed by atoms with Gasteiger partial charge in [-0.15, -0.1) is 0 Å². The zero-order chi connectivity index (χ0) is 15.7. The zero-order valence-corrected chi connectivity index (χ0v) is 12.1. The van der Waals surface area contributed by atoms with Gasteiger partial charge in [0.15, 0.2) is 0 Å². The van der Waals surface area contributed by atoms with E-state index >= 15 is 0 Å². The molecule has 1 aliphatic carbocycles. The van der Waals surface area contributed by atoms with Crippen molar-refractivity contribution in [1.29, 1.82) is 0 Å². The van der Waals surface area contributed by atoms with Gasteiger partial charge in [-0.05, 0) is 43.0 Å². The van der Waals surface area contributed by atoms with Crippen LogP contribution >= 0.6 is 0 Å². The Labute approximate surface area is 127 Å². The SMILES string of the molecule is O=C(CC1(C(=O)O)CCC1)Nc1ccc2c(c1)CCC(=O)N2. The van der Waals surface area contributed by atoms with E-state index in [9.17, 15) is 19.5 Å². The third kappa shape index (κ3) is 2.68. The van der Waals surface area contributed by atoms with Gasteiger partial charge in [0, 0.05) is 24.2 Å². The van der Waals surface area contributed by atoms with Crippen LogP contribution in [-0.4, -0.2) is 22.9 Å². The summed E-state index contributed by atoms with van der Waals surface area (Å²) in [6.45, 7) is 0. The molecule has 0 atom stereocenters. The molecule has 1 aromatic rings. The molecule has 2 aliphatic rings. The number of anilines is 2. The molecule has 22 heavy (non-hydrogen) atoms. The van der Waals surface area contributed by atoms with Gasteiger partial charge in [-0.2, -0.15) is 0 Å². The lowest BCUT2D eigenvalue weighted by Crippen LogP contribution is -2.41. The monoisotopic (exact) mass is 302 g/mol. The number of amides is 2. The smallest absolute Gasteiger partial charge is 0.310 e. The molecular weight excluding hydrogens is 284 g/mol. The Hall–Kier alpha value is -2.37. The van der Waals surface area contributed by atoms with Gasteiger partial charge in [0.05, 0.1) is 5.41 Å². The highest BCUT2D eigenvalue weighted by atomic mass is 16.4. The second kappa shape index (κ2) is 5.44. The molecule has 6 nitrogen and oxygen atoms in total. The lowest BCUT2D eigenvalue weighted by molar-refractivity contribution is -0.157. The van der Waals surface area contributed by atoms with Gasteiger partial charge in [0.2, 0.25) is 11.8 Å². The first kappa shape index (κ1) is 14.6. The molecule has 0 aromatic heterocycles. The minimum Gasteiger partial charge on any atom is -0.481 e. The molecule has 0 saturated heterocycles. The Morgan fingerprint density at radius 3 is 2.68 bits per heavy atom. The van der Waals surface area contributed by atoms with Crippen LogP contribution < -0.4 is 10.6 Å². The van der Waals surface area contributed by atoms with Crippen LogP contribution in [0, 0.1) is 5.41 Å². The molecule has 1 aromatic carbocycles. The summed E-state index contributed by atoms with van der Waals surface area (Å²) in [7, 11) is 0. The standard InChI is InChI=1S/C16H18N2O4/c19-13-5-2-10-8-11(3-4-12(10)18-13)17-14(20)9-16(15(21)22)6-1-7-16/h3-4,8H,1-2,5-7,9H2,(H,17,20)(H,18,19)(H,21,22). The van der Waals surface area contributed by atoms with E-state index in [2.05, 4.69) is 10.6 Å². The largest absolute Gasteiger partial charge is 0.481 e. The number of carbonyl (C=O) groups excluding carboxylic acids is 2. The van der Waals surface area contributed by atoms with E-state index in [1.807, 2.05) is 6.07 Å². The van der Waals surface area contributed by atoms with Gasteiger partial charge in [0.25, 0.3) is 0 Å². The molecule has 1 heterocycles. The first-order chi connectivity index (χ1) is 10.5. The van der Waals surface area contributed by atoms with Crippen LogP contribution in [0.3, 0.4) is 0 Å². The van der Waals surface area contributed by atoms with Crippen LogP contribution in [0.1, 0.15) is 37.7 Å². The number of hydrogen-bond donors (Lipinski definition) is 3.